The number of amides is 1. The van der Waals surface area contributed by atoms with Crippen molar-refractivity contribution in [1.82, 2.24) is 34.3 Å². The van der Waals surface area contributed by atoms with Crippen molar-refractivity contribution in [3.05, 3.63) is 84.3 Å². The molecule has 1 aliphatic rings. The van der Waals surface area contributed by atoms with Crippen molar-refractivity contribution in [1.29, 1.82) is 0 Å². The molecule has 6 heterocycles. The molecule has 0 saturated carbocycles. The summed E-state index contributed by atoms with van der Waals surface area (Å²) in [5.41, 5.74) is 4.04. The van der Waals surface area contributed by atoms with Gasteiger partial charge in [0, 0.05) is 45.6 Å². The van der Waals surface area contributed by atoms with Gasteiger partial charge in [0.15, 0.2) is 5.65 Å². The fourth-order valence-corrected chi connectivity index (χ4v) is 6.59. The molecule has 7 rings (SSSR count). The van der Waals surface area contributed by atoms with Crippen LogP contribution in [0.5, 0.6) is 5.75 Å². The van der Waals surface area contributed by atoms with Crippen molar-refractivity contribution in [3.63, 3.8) is 0 Å². The molecule has 0 fully saturated rings. The standard InChI is InChI=1S/C31H25F2N7O3S/c1-3-26(42)39-15-20-12-23(37-40(20)13-17(39)2)30-28(27-22(33)10-19(32)11-24(27)43-8-7-41)31-21(6-9-44-31)29(35-30)18-4-5-25-36-34-16-38(25)14-18/h3-6,9-12,14,16-17,41H,1,7-8,13,15H2,2H3. The minimum absolute atomic E-state index is 0.0124. The lowest BCUT2D eigenvalue weighted by molar-refractivity contribution is -0.129. The SMILES string of the molecule is C=CC(=O)N1Cc2cc(-c3nc(-c4ccc5nncn5c4)c4ccsc4c3-c3c(F)cc(F)cc3OCCO)nn2CC1C. The van der Waals surface area contributed by atoms with Gasteiger partial charge in [0.25, 0.3) is 0 Å². The van der Waals surface area contributed by atoms with Crippen LogP contribution in [0, 0.1) is 11.6 Å². The molecule has 13 heteroatoms. The first-order chi connectivity index (χ1) is 21.4. The second-order valence-corrected chi connectivity index (χ2v) is 11.3. The number of aliphatic hydroxyl groups excluding tert-OH is 1. The Morgan fingerprint density at radius 3 is 2.89 bits per heavy atom. The zero-order valence-electron chi connectivity index (χ0n) is 23.4. The number of nitrogens with zero attached hydrogens (tertiary/aromatic N) is 7. The molecule has 44 heavy (non-hydrogen) atoms. The molecule has 1 aliphatic heterocycles. The Kier molecular flexibility index (Phi) is 6.90. The molecule has 10 nitrogen and oxygen atoms in total. The maximum absolute atomic E-state index is 15.9. The molecule has 5 aromatic heterocycles. The quantitative estimate of drug-likeness (QED) is 0.250. The van der Waals surface area contributed by atoms with E-state index in [1.807, 2.05) is 47.4 Å². The molecule has 1 unspecified atom stereocenters. The third-order valence-electron chi connectivity index (χ3n) is 7.66. The van der Waals surface area contributed by atoms with Gasteiger partial charge in [0.05, 0.1) is 36.6 Å². The number of hydrogen-bond donors (Lipinski definition) is 1. The molecule has 0 bridgehead atoms. The van der Waals surface area contributed by atoms with Gasteiger partial charge in [-0.2, -0.15) is 5.10 Å². The van der Waals surface area contributed by atoms with Crippen LogP contribution in [0.4, 0.5) is 8.78 Å². The summed E-state index contributed by atoms with van der Waals surface area (Å²) < 4.78 is 40.3. The highest BCUT2D eigenvalue weighted by Crippen LogP contribution is 2.47. The molecule has 6 aromatic rings. The number of aliphatic hydroxyl groups is 1. The number of carbonyl (C=O) groups excluding carboxylic acids is 1. The van der Waals surface area contributed by atoms with Crippen LogP contribution in [0.2, 0.25) is 0 Å². The predicted octanol–water partition coefficient (Wildman–Crippen LogP) is 5.10. The van der Waals surface area contributed by atoms with E-state index in [0.29, 0.717) is 46.1 Å². The molecular weight excluding hydrogens is 588 g/mol. The number of thiophene rings is 1. The van der Waals surface area contributed by atoms with Gasteiger partial charge in [0.1, 0.15) is 41.7 Å². The van der Waals surface area contributed by atoms with Gasteiger partial charge in [0.2, 0.25) is 5.91 Å². The third-order valence-corrected chi connectivity index (χ3v) is 8.59. The molecule has 1 N–H and O–H groups in total. The summed E-state index contributed by atoms with van der Waals surface area (Å²) in [5, 5.41) is 25.0. The average Bonchev–Trinajstić information content (AvgIpc) is 3.78. The van der Waals surface area contributed by atoms with Crippen LogP contribution >= 0.6 is 11.3 Å². The number of benzene rings is 1. The Balaban J connectivity index is 1.51. The van der Waals surface area contributed by atoms with Crippen molar-refractivity contribution < 1.29 is 23.4 Å². The van der Waals surface area contributed by atoms with Gasteiger partial charge in [-0.3, -0.25) is 13.9 Å². The van der Waals surface area contributed by atoms with Gasteiger partial charge < -0.3 is 14.7 Å². The second-order valence-electron chi connectivity index (χ2n) is 10.4. The van der Waals surface area contributed by atoms with Crippen LogP contribution in [0.3, 0.4) is 0 Å². The maximum Gasteiger partial charge on any atom is 0.246 e. The Labute approximate surface area is 253 Å². The number of halogens is 2. The van der Waals surface area contributed by atoms with E-state index in [1.54, 1.807) is 15.6 Å². The molecule has 0 aliphatic carbocycles. The lowest BCUT2D eigenvalue weighted by Crippen LogP contribution is -2.44. The summed E-state index contributed by atoms with van der Waals surface area (Å²) in [6, 6.07) is 9.23. The van der Waals surface area contributed by atoms with Gasteiger partial charge in [-0.15, -0.1) is 21.5 Å². The molecule has 222 valence electrons. The molecule has 1 amide bonds. The van der Waals surface area contributed by atoms with Crippen molar-refractivity contribution in [2.75, 3.05) is 13.2 Å². The summed E-state index contributed by atoms with van der Waals surface area (Å²) in [6.45, 7) is 5.81. The van der Waals surface area contributed by atoms with E-state index >= 15 is 4.39 Å². The summed E-state index contributed by atoms with van der Waals surface area (Å²) in [4.78, 5) is 19.4. The summed E-state index contributed by atoms with van der Waals surface area (Å²) >= 11 is 1.38. The Bertz CT molecular complexity index is 2090. The number of pyridine rings is 2. The van der Waals surface area contributed by atoms with Crippen molar-refractivity contribution in [2.45, 2.75) is 26.1 Å². The van der Waals surface area contributed by atoms with Gasteiger partial charge in [-0.1, -0.05) is 6.58 Å². The predicted molar refractivity (Wildman–Crippen MR) is 161 cm³/mol. The zero-order chi connectivity index (χ0) is 30.5. The first kappa shape index (κ1) is 27.8. The first-order valence-corrected chi connectivity index (χ1v) is 14.7. The van der Waals surface area contributed by atoms with E-state index < -0.39 is 11.6 Å². The molecule has 0 saturated heterocycles. The van der Waals surface area contributed by atoms with E-state index in [1.165, 1.54) is 17.4 Å². The fourth-order valence-electron chi connectivity index (χ4n) is 5.64. The fraction of sp³-hybridized carbons (Fsp3) is 0.194. The van der Waals surface area contributed by atoms with E-state index in [2.05, 4.69) is 16.8 Å². The molecular formula is C31H25F2N7O3S. The minimum atomic E-state index is -0.838. The topological polar surface area (TPSA) is 111 Å². The Morgan fingerprint density at radius 1 is 1.20 bits per heavy atom. The number of rotatable bonds is 7. The molecule has 0 spiro atoms. The lowest BCUT2D eigenvalue weighted by Gasteiger charge is -2.33. The lowest BCUT2D eigenvalue weighted by atomic mass is 9.96. The van der Waals surface area contributed by atoms with Crippen molar-refractivity contribution in [2.24, 2.45) is 0 Å². The minimum Gasteiger partial charge on any atom is -0.490 e. The largest absolute Gasteiger partial charge is 0.490 e. The summed E-state index contributed by atoms with van der Waals surface area (Å²) in [5.74, 6) is -1.90. The van der Waals surface area contributed by atoms with E-state index in [-0.39, 0.29) is 36.5 Å². The summed E-state index contributed by atoms with van der Waals surface area (Å²) in [7, 11) is 0. The van der Waals surface area contributed by atoms with Crippen molar-refractivity contribution >= 4 is 33.0 Å². The third kappa shape index (κ3) is 4.61. The van der Waals surface area contributed by atoms with E-state index in [0.717, 1.165) is 28.8 Å². The maximum atomic E-state index is 15.9. The van der Waals surface area contributed by atoms with Crippen LogP contribution in [0.25, 0.3) is 49.5 Å². The van der Waals surface area contributed by atoms with Crippen LogP contribution < -0.4 is 4.74 Å². The highest BCUT2D eigenvalue weighted by Gasteiger charge is 2.30. The number of hydrogen-bond acceptors (Lipinski definition) is 8. The second kappa shape index (κ2) is 10.9. The van der Waals surface area contributed by atoms with Gasteiger partial charge in [-0.25, -0.2) is 13.8 Å². The Hall–Kier alpha value is -5.01. The van der Waals surface area contributed by atoms with Crippen LogP contribution in [0.1, 0.15) is 12.6 Å². The smallest absolute Gasteiger partial charge is 0.246 e. The molecule has 1 aromatic carbocycles. The molecule has 1 atom stereocenters. The van der Waals surface area contributed by atoms with Crippen LogP contribution in [0.15, 0.2) is 67.0 Å². The number of aromatic nitrogens is 6. The Morgan fingerprint density at radius 2 is 2.07 bits per heavy atom. The van der Waals surface area contributed by atoms with Crippen molar-refractivity contribution in [3.8, 4) is 39.5 Å². The number of carbonyl (C=O) groups is 1. The van der Waals surface area contributed by atoms with Gasteiger partial charge >= 0.3 is 0 Å². The van der Waals surface area contributed by atoms with E-state index in [9.17, 15) is 14.3 Å². The average molecular weight is 614 g/mol. The van der Waals surface area contributed by atoms with E-state index in [4.69, 9.17) is 14.8 Å². The normalized spacial score (nSPS) is 14.7. The highest BCUT2D eigenvalue weighted by molar-refractivity contribution is 7.18. The highest BCUT2D eigenvalue weighted by atomic mass is 32.1. The monoisotopic (exact) mass is 613 g/mol. The van der Waals surface area contributed by atoms with Crippen LogP contribution in [-0.4, -0.2) is 64.5 Å². The number of fused-ring (bicyclic) bond motifs is 3. The van der Waals surface area contributed by atoms with Crippen LogP contribution in [-0.2, 0) is 17.9 Å². The number of ether oxygens (including phenoxy) is 1. The van der Waals surface area contributed by atoms with Gasteiger partial charge in [-0.05, 0) is 42.6 Å². The zero-order valence-corrected chi connectivity index (χ0v) is 24.3. The first-order valence-electron chi connectivity index (χ1n) is 13.8. The summed E-state index contributed by atoms with van der Waals surface area (Å²) in [6.07, 6.45) is 4.75. The molecule has 0 radical (unpaired) electrons.